The quantitative estimate of drug-likeness (QED) is 0.537. The Balaban J connectivity index is 1.55. The number of nitrogens with zero attached hydrogens (tertiary/aromatic N) is 4. The maximum Gasteiger partial charge on any atom is 0.417 e. The van der Waals surface area contributed by atoms with Crippen LogP contribution in [0, 0.1) is 29.1 Å². The zero-order valence-corrected chi connectivity index (χ0v) is 17.2. The van der Waals surface area contributed by atoms with Crippen LogP contribution in [0.5, 0.6) is 0 Å². The van der Waals surface area contributed by atoms with Crippen molar-refractivity contribution in [2.24, 2.45) is 17.8 Å². The Labute approximate surface area is 185 Å². The fourth-order valence-electron chi connectivity index (χ4n) is 5.25. The molecule has 3 aliphatic rings. The van der Waals surface area contributed by atoms with Gasteiger partial charge in [0.15, 0.2) is 0 Å². The number of halogens is 3. The van der Waals surface area contributed by atoms with Crippen LogP contribution in [0.3, 0.4) is 0 Å². The first-order valence-electron chi connectivity index (χ1n) is 10.6. The predicted molar refractivity (Wildman–Crippen MR) is 111 cm³/mol. The maximum atomic E-state index is 13.2. The van der Waals surface area contributed by atoms with E-state index in [1.54, 1.807) is 0 Å². The van der Waals surface area contributed by atoms with Gasteiger partial charge in [0.2, 0.25) is 5.95 Å². The van der Waals surface area contributed by atoms with Crippen molar-refractivity contribution in [2.45, 2.75) is 37.9 Å². The fourth-order valence-corrected chi connectivity index (χ4v) is 5.25. The second kappa shape index (κ2) is 7.72. The van der Waals surface area contributed by atoms with Gasteiger partial charge in [0.1, 0.15) is 11.7 Å². The van der Waals surface area contributed by atoms with Crippen LogP contribution < -0.4 is 5.32 Å². The van der Waals surface area contributed by atoms with Gasteiger partial charge >= 0.3 is 12.1 Å². The number of H-pyrrole nitrogens is 1. The molecule has 3 N–H and O–H groups in total. The molecule has 33 heavy (non-hydrogen) atoms. The number of aromatic amines is 1. The molecule has 0 aliphatic heterocycles. The summed E-state index contributed by atoms with van der Waals surface area (Å²) in [5.74, 6) is -1.03. The van der Waals surface area contributed by atoms with E-state index in [4.69, 9.17) is 0 Å². The lowest BCUT2D eigenvalue weighted by Gasteiger charge is -2.46. The third-order valence-electron chi connectivity index (χ3n) is 6.82. The molecular weight excluding hydrogens is 437 g/mol. The normalized spacial score (nSPS) is 24.5. The molecule has 170 valence electrons. The molecule has 3 fully saturated rings. The summed E-state index contributed by atoms with van der Waals surface area (Å²) in [5, 5.41) is 22.7. The molecule has 3 aromatic heterocycles. The molecule has 0 saturated heterocycles. The Hall–Kier alpha value is -3.68. The summed E-state index contributed by atoms with van der Waals surface area (Å²) in [4.78, 5) is 27.2. The summed E-state index contributed by atoms with van der Waals surface area (Å²) in [7, 11) is 0. The van der Waals surface area contributed by atoms with E-state index in [-0.39, 0.29) is 51.7 Å². The third kappa shape index (κ3) is 3.65. The highest BCUT2D eigenvalue weighted by Gasteiger charge is 2.47. The molecular formula is C22H19F3N6O2. The van der Waals surface area contributed by atoms with Crippen LogP contribution in [-0.2, 0) is 11.0 Å². The van der Waals surface area contributed by atoms with Crippen LogP contribution in [0.15, 0.2) is 24.7 Å². The molecule has 6 rings (SSSR count). The average molecular weight is 456 g/mol. The molecule has 11 heteroatoms. The summed E-state index contributed by atoms with van der Waals surface area (Å²) < 4.78 is 39.6. The number of aromatic nitrogens is 4. The van der Waals surface area contributed by atoms with Crippen molar-refractivity contribution in [3.05, 3.63) is 35.8 Å². The van der Waals surface area contributed by atoms with Gasteiger partial charge in [-0.15, -0.1) is 0 Å². The number of alkyl halides is 3. The second-order valence-electron chi connectivity index (χ2n) is 8.60. The highest BCUT2D eigenvalue weighted by atomic mass is 19.4. The van der Waals surface area contributed by atoms with Gasteiger partial charge in [-0.25, -0.2) is 15.0 Å². The Morgan fingerprint density at radius 3 is 2.58 bits per heavy atom. The molecule has 2 bridgehead atoms. The molecule has 3 aliphatic carbocycles. The Kier molecular flexibility index (Phi) is 4.96. The standard InChI is InChI=1S/C22H19F3N6O2/c23-22(24,25)13-5-14-15(9-28-19(14)27-8-13)17-12(6-26)7-29-21(30-17)31-18-11-3-1-10(2-4-11)16(18)20(32)33/h5,7-11,16,18H,1-4H2,(H,27,28)(H,32,33)(H,29,30,31)/t10?,11?,16-,18-/m0/s1. The van der Waals surface area contributed by atoms with Crippen LogP contribution in [-0.4, -0.2) is 37.1 Å². The van der Waals surface area contributed by atoms with E-state index in [0.717, 1.165) is 37.9 Å². The van der Waals surface area contributed by atoms with Gasteiger partial charge in [0.05, 0.1) is 28.9 Å². The lowest BCUT2D eigenvalue weighted by molar-refractivity contribution is -0.148. The van der Waals surface area contributed by atoms with E-state index in [1.165, 1.54) is 12.4 Å². The minimum absolute atomic E-state index is 0.0822. The van der Waals surface area contributed by atoms with Gasteiger partial charge in [-0.1, -0.05) is 0 Å². The smallest absolute Gasteiger partial charge is 0.417 e. The maximum absolute atomic E-state index is 13.2. The molecule has 3 saturated carbocycles. The largest absolute Gasteiger partial charge is 0.481 e. The molecule has 0 radical (unpaired) electrons. The Bertz CT molecular complexity index is 1270. The van der Waals surface area contributed by atoms with Crippen LogP contribution >= 0.6 is 0 Å². The zero-order valence-electron chi connectivity index (χ0n) is 17.2. The fraction of sp³-hybridized carbons (Fsp3) is 0.409. The third-order valence-corrected chi connectivity index (χ3v) is 6.82. The first kappa shape index (κ1) is 21.2. The first-order chi connectivity index (χ1) is 15.8. The molecule has 3 heterocycles. The van der Waals surface area contributed by atoms with Crippen LogP contribution in [0.4, 0.5) is 19.1 Å². The summed E-state index contributed by atoms with van der Waals surface area (Å²) >= 11 is 0. The summed E-state index contributed by atoms with van der Waals surface area (Å²) in [6.45, 7) is 0. The number of hydrogen-bond donors (Lipinski definition) is 3. The number of pyridine rings is 1. The number of aliphatic carboxylic acids is 1. The van der Waals surface area contributed by atoms with Gasteiger partial charge in [0.25, 0.3) is 0 Å². The molecule has 3 aromatic rings. The summed E-state index contributed by atoms with van der Waals surface area (Å²) in [5.41, 5.74) is -0.172. The van der Waals surface area contributed by atoms with E-state index >= 15 is 0 Å². The van der Waals surface area contributed by atoms with Gasteiger partial charge in [-0.05, 0) is 43.6 Å². The van der Waals surface area contributed by atoms with E-state index in [1.807, 2.05) is 6.07 Å². The monoisotopic (exact) mass is 456 g/mol. The minimum Gasteiger partial charge on any atom is -0.481 e. The number of rotatable bonds is 4. The van der Waals surface area contributed by atoms with Crippen molar-refractivity contribution in [3.63, 3.8) is 0 Å². The first-order valence-corrected chi connectivity index (χ1v) is 10.6. The van der Waals surface area contributed by atoms with Crippen molar-refractivity contribution in [3.8, 4) is 17.3 Å². The van der Waals surface area contributed by atoms with E-state index in [2.05, 4.69) is 25.3 Å². The average Bonchev–Trinajstić information content (AvgIpc) is 3.22. The molecule has 0 aromatic carbocycles. The molecule has 2 atom stereocenters. The van der Waals surface area contributed by atoms with E-state index < -0.39 is 23.6 Å². The molecule has 0 spiro atoms. The van der Waals surface area contributed by atoms with Crippen LogP contribution in [0.25, 0.3) is 22.3 Å². The van der Waals surface area contributed by atoms with Gasteiger partial charge in [-0.2, -0.15) is 18.4 Å². The van der Waals surface area contributed by atoms with Crippen molar-refractivity contribution in [2.75, 3.05) is 5.32 Å². The highest BCUT2D eigenvalue weighted by Crippen LogP contribution is 2.46. The van der Waals surface area contributed by atoms with Gasteiger partial charge < -0.3 is 15.4 Å². The number of nitrogens with one attached hydrogen (secondary N) is 2. The number of carboxylic acids is 1. The lowest BCUT2D eigenvalue weighted by atomic mass is 9.61. The zero-order chi connectivity index (χ0) is 23.3. The number of fused-ring (bicyclic) bond motifs is 4. The van der Waals surface area contributed by atoms with E-state index in [9.17, 15) is 28.3 Å². The SMILES string of the molecule is N#Cc1cnc(N[C@H]2C3CCC(CC3)[C@@H]2C(=O)O)nc1-c1c[nH]c2ncc(C(F)(F)F)cc12. The van der Waals surface area contributed by atoms with Gasteiger partial charge in [0, 0.05) is 29.4 Å². The number of hydrogen-bond acceptors (Lipinski definition) is 6. The topological polar surface area (TPSA) is 128 Å². The van der Waals surface area contributed by atoms with Crippen molar-refractivity contribution in [1.29, 1.82) is 5.26 Å². The van der Waals surface area contributed by atoms with Crippen LogP contribution in [0.2, 0.25) is 0 Å². The van der Waals surface area contributed by atoms with Crippen LogP contribution in [0.1, 0.15) is 36.8 Å². The van der Waals surface area contributed by atoms with E-state index in [0.29, 0.717) is 0 Å². The Morgan fingerprint density at radius 2 is 1.91 bits per heavy atom. The minimum atomic E-state index is -4.57. The van der Waals surface area contributed by atoms with Crippen molar-refractivity contribution >= 4 is 23.0 Å². The van der Waals surface area contributed by atoms with Gasteiger partial charge in [-0.3, -0.25) is 4.79 Å². The summed E-state index contributed by atoms with van der Waals surface area (Å²) in [6, 6.07) is 2.59. The second-order valence-corrected chi connectivity index (χ2v) is 8.60. The summed E-state index contributed by atoms with van der Waals surface area (Å²) in [6.07, 6.45) is 2.51. The number of anilines is 1. The molecule has 0 unspecified atom stereocenters. The number of nitriles is 1. The van der Waals surface area contributed by atoms with Crippen molar-refractivity contribution < 1.29 is 23.1 Å². The molecule has 8 nitrogen and oxygen atoms in total. The molecule has 0 amide bonds. The highest BCUT2D eigenvalue weighted by molar-refractivity contribution is 5.94. The number of carbonyl (C=O) groups is 1. The Morgan fingerprint density at radius 1 is 1.18 bits per heavy atom. The number of carboxylic acid groups (broad SMARTS) is 1. The lowest BCUT2D eigenvalue weighted by Crippen LogP contribution is -2.51. The predicted octanol–water partition coefficient (Wildman–Crippen LogP) is 4.21. The van der Waals surface area contributed by atoms with Crippen molar-refractivity contribution in [1.82, 2.24) is 19.9 Å².